The Balaban J connectivity index is 1.93. The van der Waals surface area contributed by atoms with Crippen LogP contribution in [0.2, 0.25) is 0 Å². The van der Waals surface area contributed by atoms with Crippen LogP contribution in [0.1, 0.15) is 44.7 Å². The Kier molecular flexibility index (Phi) is 2.93. The molecule has 0 fully saturated rings. The van der Waals surface area contributed by atoms with Crippen LogP contribution in [-0.2, 0) is 0 Å². The Morgan fingerprint density at radius 1 is 0.818 bits per heavy atom. The second kappa shape index (κ2) is 4.95. The van der Waals surface area contributed by atoms with Crippen molar-refractivity contribution in [3.05, 3.63) is 77.0 Å². The lowest BCUT2D eigenvalue weighted by Gasteiger charge is -2.28. The maximum Gasteiger partial charge on any atom is 0.196 e. The molecule has 0 saturated carbocycles. The zero-order valence-electron chi connectivity index (χ0n) is 12.1. The van der Waals surface area contributed by atoms with E-state index in [-0.39, 0.29) is 11.6 Å². The van der Waals surface area contributed by atoms with E-state index in [1.54, 1.807) is 30.3 Å². The third-order valence-electron chi connectivity index (χ3n) is 4.30. The maximum absolute atomic E-state index is 12.9. The van der Waals surface area contributed by atoms with E-state index in [9.17, 15) is 9.59 Å². The first-order chi connectivity index (χ1) is 10.8. The predicted octanol–water partition coefficient (Wildman–Crippen LogP) is 3.58. The number of nitrogens with zero attached hydrogens (tertiary/aromatic N) is 1. The zero-order valence-corrected chi connectivity index (χ0v) is 12.1. The highest BCUT2D eigenvalue weighted by Crippen LogP contribution is 2.34. The maximum atomic E-state index is 12.9. The molecule has 0 atom stereocenters. The van der Waals surface area contributed by atoms with Crippen LogP contribution in [0, 0.1) is 0 Å². The molecule has 0 aromatic heterocycles. The zero-order chi connectivity index (χ0) is 15.1. The van der Waals surface area contributed by atoms with Crippen molar-refractivity contribution in [3.8, 4) is 0 Å². The van der Waals surface area contributed by atoms with Gasteiger partial charge in [-0.15, -0.1) is 0 Å². The smallest absolute Gasteiger partial charge is 0.196 e. The van der Waals surface area contributed by atoms with Crippen molar-refractivity contribution in [2.75, 3.05) is 11.4 Å². The number of carbonyl (C=O) groups excluding carboxylic acids is 2. The third-order valence-corrected chi connectivity index (χ3v) is 4.30. The molecule has 0 amide bonds. The predicted molar refractivity (Wildman–Crippen MR) is 85.5 cm³/mol. The molecule has 1 heterocycles. The van der Waals surface area contributed by atoms with Crippen LogP contribution >= 0.6 is 0 Å². The summed E-state index contributed by atoms with van der Waals surface area (Å²) in [5.41, 5.74) is 2.90. The third kappa shape index (κ3) is 1.82. The van der Waals surface area contributed by atoms with Gasteiger partial charge in [-0.25, -0.2) is 0 Å². The van der Waals surface area contributed by atoms with Gasteiger partial charge in [-0.05, 0) is 18.9 Å². The van der Waals surface area contributed by atoms with Crippen molar-refractivity contribution < 1.29 is 9.59 Å². The van der Waals surface area contributed by atoms with Crippen molar-refractivity contribution in [2.45, 2.75) is 12.8 Å². The Morgan fingerprint density at radius 3 is 2.27 bits per heavy atom. The Morgan fingerprint density at radius 2 is 1.55 bits per heavy atom. The molecule has 0 spiro atoms. The molecule has 0 bridgehead atoms. The van der Waals surface area contributed by atoms with Gasteiger partial charge >= 0.3 is 0 Å². The lowest BCUT2D eigenvalue weighted by Crippen LogP contribution is -2.27. The highest BCUT2D eigenvalue weighted by atomic mass is 16.1. The Bertz CT molecular complexity index is 820. The molecule has 1 aliphatic carbocycles. The van der Waals surface area contributed by atoms with E-state index in [0.29, 0.717) is 22.3 Å². The number of hydrogen-bond donors (Lipinski definition) is 0. The molecule has 0 N–H and O–H groups in total. The lowest BCUT2D eigenvalue weighted by molar-refractivity contribution is 0.0979. The van der Waals surface area contributed by atoms with Gasteiger partial charge in [0, 0.05) is 29.4 Å². The summed E-state index contributed by atoms with van der Waals surface area (Å²) in [6.07, 6.45) is 6.23. The number of ketones is 2. The van der Waals surface area contributed by atoms with Gasteiger partial charge in [0.25, 0.3) is 0 Å². The van der Waals surface area contributed by atoms with Crippen molar-refractivity contribution in [2.24, 2.45) is 0 Å². The molecule has 2 aromatic carbocycles. The normalized spacial score (nSPS) is 16.5. The first-order valence-electron chi connectivity index (χ1n) is 7.52. The van der Waals surface area contributed by atoms with Crippen molar-refractivity contribution >= 4 is 17.3 Å². The molecular formula is C19H15NO2. The lowest BCUT2D eigenvalue weighted by atomic mass is 9.83. The minimum absolute atomic E-state index is 0.0558. The largest absolute Gasteiger partial charge is 0.348 e. The fourth-order valence-electron chi connectivity index (χ4n) is 3.22. The average Bonchev–Trinajstić information content (AvgIpc) is 2.60. The van der Waals surface area contributed by atoms with E-state index in [1.807, 2.05) is 18.3 Å². The van der Waals surface area contributed by atoms with Crippen LogP contribution < -0.4 is 4.90 Å². The molecule has 3 heteroatoms. The van der Waals surface area contributed by atoms with Crippen LogP contribution in [0.4, 0.5) is 5.69 Å². The fourth-order valence-corrected chi connectivity index (χ4v) is 3.22. The summed E-state index contributed by atoms with van der Waals surface area (Å²) < 4.78 is 0. The summed E-state index contributed by atoms with van der Waals surface area (Å²) in [5, 5.41) is 0. The molecule has 0 saturated heterocycles. The van der Waals surface area contributed by atoms with Crippen molar-refractivity contribution in [1.29, 1.82) is 0 Å². The average molecular weight is 289 g/mol. The van der Waals surface area contributed by atoms with E-state index in [4.69, 9.17) is 0 Å². The number of hydrogen-bond acceptors (Lipinski definition) is 3. The molecule has 0 radical (unpaired) electrons. The SMILES string of the molecule is O=C1c2ccccc2C(=O)c2c1cccc2N1C=CCCC1. The molecular weight excluding hydrogens is 274 g/mol. The minimum Gasteiger partial charge on any atom is -0.348 e. The van der Waals surface area contributed by atoms with Gasteiger partial charge in [-0.1, -0.05) is 42.5 Å². The number of anilines is 1. The molecule has 108 valence electrons. The van der Waals surface area contributed by atoms with Crippen LogP contribution in [-0.4, -0.2) is 18.1 Å². The Hall–Kier alpha value is -2.68. The van der Waals surface area contributed by atoms with Gasteiger partial charge in [-0.3, -0.25) is 9.59 Å². The molecule has 1 aliphatic heterocycles. The molecule has 22 heavy (non-hydrogen) atoms. The van der Waals surface area contributed by atoms with Crippen molar-refractivity contribution in [1.82, 2.24) is 0 Å². The van der Waals surface area contributed by atoms with Gasteiger partial charge in [0.05, 0.1) is 11.3 Å². The molecule has 2 aliphatic rings. The molecule has 3 nitrogen and oxygen atoms in total. The first kappa shape index (κ1) is 13.0. The standard InChI is InChI=1S/C19H15NO2/c21-18-13-7-2-3-8-14(13)19(22)17-15(18)9-6-10-16(17)20-11-4-1-5-12-20/h2-4,6-11H,1,5,12H2. The van der Waals surface area contributed by atoms with E-state index in [0.717, 1.165) is 25.1 Å². The Labute approximate surface area is 128 Å². The summed E-state index contributed by atoms with van der Waals surface area (Å²) in [6, 6.07) is 12.6. The van der Waals surface area contributed by atoms with E-state index in [1.165, 1.54) is 0 Å². The molecule has 4 rings (SSSR count). The van der Waals surface area contributed by atoms with Gasteiger partial charge in [-0.2, -0.15) is 0 Å². The van der Waals surface area contributed by atoms with Crippen molar-refractivity contribution in [3.63, 3.8) is 0 Å². The van der Waals surface area contributed by atoms with Crippen LogP contribution in [0.5, 0.6) is 0 Å². The number of benzene rings is 2. The second-order valence-electron chi connectivity index (χ2n) is 5.62. The van der Waals surface area contributed by atoms with Crippen LogP contribution in [0.25, 0.3) is 0 Å². The number of allylic oxidation sites excluding steroid dienone is 1. The monoisotopic (exact) mass is 289 g/mol. The van der Waals surface area contributed by atoms with Crippen LogP contribution in [0.3, 0.4) is 0 Å². The molecule has 0 unspecified atom stereocenters. The van der Waals surface area contributed by atoms with E-state index < -0.39 is 0 Å². The highest BCUT2D eigenvalue weighted by molar-refractivity contribution is 6.30. The first-order valence-corrected chi connectivity index (χ1v) is 7.52. The van der Waals surface area contributed by atoms with Gasteiger partial charge in [0.15, 0.2) is 11.6 Å². The highest BCUT2D eigenvalue weighted by Gasteiger charge is 2.32. The molecule has 2 aromatic rings. The number of fused-ring (bicyclic) bond motifs is 2. The summed E-state index contributed by atoms with van der Waals surface area (Å²) in [6.45, 7) is 0.871. The minimum atomic E-state index is -0.0620. The van der Waals surface area contributed by atoms with E-state index >= 15 is 0 Å². The summed E-state index contributed by atoms with van der Waals surface area (Å²) in [7, 11) is 0. The van der Waals surface area contributed by atoms with Gasteiger partial charge < -0.3 is 4.90 Å². The topological polar surface area (TPSA) is 37.4 Å². The second-order valence-corrected chi connectivity index (χ2v) is 5.62. The number of carbonyl (C=O) groups is 2. The summed E-state index contributed by atoms with van der Waals surface area (Å²) in [5.74, 6) is -0.118. The number of rotatable bonds is 1. The summed E-state index contributed by atoms with van der Waals surface area (Å²) >= 11 is 0. The quantitative estimate of drug-likeness (QED) is 0.687. The van der Waals surface area contributed by atoms with Crippen LogP contribution in [0.15, 0.2) is 54.7 Å². The van der Waals surface area contributed by atoms with Gasteiger partial charge in [0.1, 0.15) is 0 Å². The summed E-state index contributed by atoms with van der Waals surface area (Å²) in [4.78, 5) is 27.7. The fraction of sp³-hybridized carbons (Fsp3) is 0.158. The van der Waals surface area contributed by atoms with Gasteiger partial charge in [0.2, 0.25) is 0 Å². The van der Waals surface area contributed by atoms with E-state index in [2.05, 4.69) is 11.0 Å².